The van der Waals surface area contributed by atoms with Gasteiger partial charge in [-0.15, -0.1) is 0 Å². The van der Waals surface area contributed by atoms with Crippen LogP contribution in [0.25, 0.3) is 22.0 Å². The number of nitrogens with zero attached hydrogens (tertiary/aromatic N) is 2. The van der Waals surface area contributed by atoms with Crippen molar-refractivity contribution in [2.45, 2.75) is 13.0 Å². The molecule has 6 nitrogen and oxygen atoms in total. The van der Waals surface area contributed by atoms with Crippen molar-refractivity contribution < 1.29 is 19.3 Å². The molecule has 2 aromatic carbocycles. The van der Waals surface area contributed by atoms with E-state index in [1.165, 1.54) is 0 Å². The average molecular weight is 366 g/mol. The first-order valence-electron chi connectivity index (χ1n) is 8.62. The summed E-state index contributed by atoms with van der Waals surface area (Å²) in [6, 6.07) is 13.7. The molecular weight excluding hydrogens is 344 g/mol. The number of hydrogen-bond donors (Lipinski definition) is 1. The van der Waals surface area contributed by atoms with Crippen LogP contribution in [0.1, 0.15) is 12.1 Å². The Kier molecular flexibility index (Phi) is 5.53. The number of methoxy groups -OCH3 is 3. The second-order valence-electron chi connectivity index (χ2n) is 6.02. The summed E-state index contributed by atoms with van der Waals surface area (Å²) < 4.78 is 18.1. The molecule has 0 saturated heterocycles. The molecular formula is C21H22N2O4. The molecule has 0 aliphatic heterocycles. The van der Waals surface area contributed by atoms with E-state index in [1.54, 1.807) is 21.3 Å². The van der Waals surface area contributed by atoms with Gasteiger partial charge in [0.25, 0.3) is 0 Å². The van der Waals surface area contributed by atoms with Crippen molar-refractivity contribution in [2.24, 2.45) is 0 Å². The van der Waals surface area contributed by atoms with E-state index in [0.717, 1.165) is 27.8 Å². The molecule has 1 N–H and O–H groups in total. The topological polar surface area (TPSA) is 76.6 Å². The van der Waals surface area contributed by atoms with Gasteiger partial charge in [-0.3, -0.25) is 0 Å². The zero-order chi connectivity index (χ0) is 19.4. The highest BCUT2D eigenvalue weighted by atomic mass is 16.5. The van der Waals surface area contributed by atoms with Gasteiger partial charge in [-0.25, -0.2) is 0 Å². The largest absolute Gasteiger partial charge is 0.497 e. The van der Waals surface area contributed by atoms with Gasteiger partial charge in [-0.1, -0.05) is 12.1 Å². The van der Waals surface area contributed by atoms with Crippen LogP contribution < -0.4 is 14.2 Å². The van der Waals surface area contributed by atoms with Crippen molar-refractivity contribution in [3.63, 3.8) is 0 Å². The van der Waals surface area contributed by atoms with Gasteiger partial charge in [-0.2, -0.15) is 5.26 Å². The molecule has 1 heterocycles. The average Bonchev–Trinajstić information content (AvgIpc) is 3.03. The number of rotatable bonds is 7. The number of fused-ring (bicyclic) bond motifs is 1. The van der Waals surface area contributed by atoms with Crippen molar-refractivity contribution in [3.8, 4) is 34.4 Å². The summed E-state index contributed by atoms with van der Waals surface area (Å²) in [7, 11) is 4.79. The van der Waals surface area contributed by atoms with Crippen molar-refractivity contribution in [1.82, 2.24) is 4.57 Å². The Morgan fingerprint density at radius 3 is 2.22 bits per heavy atom. The number of nitriles is 1. The number of aliphatic hydroxyl groups excluding tert-OH is 1. The van der Waals surface area contributed by atoms with Crippen LogP contribution >= 0.6 is 0 Å². The molecule has 0 aliphatic rings. The maximum Gasteiger partial charge on any atom is 0.162 e. The zero-order valence-electron chi connectivity index (χ0n) is 15.7. The number of ether oxygens (including phenoxy) is 3. The lowest BCUT2D eigenvalue weighted by Gasteiger charge is -2.10. The molecule has 0 saturated carbocycles. The van der Waals surface area contributed by atoms with Crippen LogP contribution in [0.2, 0.25) is 0 Å². The van der Waals surface area contributed by atoms with Gasteiger partial charge in [0.1, 0.15) is 17.5 Å². The zero-order valence-corrected chi connectivity index (χ0v) is 15.7. The molecule has 1 aromatic heterocycles. The SMILES string of the molecule is COc1ccc(-c2c(C#N)n(CCCO)c3cc(OC)c(OC)cc23)cc1. The molecule has 27 heavy (non-hydrogen) atoms. The lowest BCUT2D eigenvalue weighted by Crippen LogP contribution is -2.03. The number of hydrogen-bond acceptors (Lipinski definition) is 5. The normalized spacial score (nSPS) is 10.6. The van der Waals surface area contributed by atoms with E-state index in [1.807, 2.05) is 41.0 Å². The summed E-state index contributed by atoms with van der Waals surface area (Å²) in [5.41, 5.74) is 3.14. The van der Waals surface area contributed by atoms with Crippen LogP contribution in [-0.4, -0.2) is 37.6 Å². The third kappa shape index (κ3) is 3.29. The van der Waals surface area contributed by atoms with Gasteiger partial charge in [-0.05, 0) is 30.2 Å². The minimum atomic E-state index is 0.0513. The Morgan fingerprint density at radius 2 is 1.67 bits per heavy atom. The van der Waals surface area contributed by atoms with Crippen LogP contribution in [0.5, 0.6) is 17.2 Å². The van der Waals surface area contributed by atoms with E-state index in [-0.39, 0.29) is 6.61 Å². The quantitative estimate of drug-likeness (QED) is 0.691. The first-order chi connectivity index (χ1) is 13.2. The Balaban J connectivity index is 2.34. The minimum absolute atomic E-state index is 0.0513. The fraction of sp³-hybridized carbons (Fsp3) is 0.286. The van der Waals surface area contributed by atoms with Crippen LogP contribution in [0.15, 0.2) is 36.4 Å². The summed E-state index contributed by atoms with van der Waals surface area (Å²) in [6.45, 7) is 0.581. The van der Waals surface area contributed by atoms with Crippen LogP contribution in [-0.2, 0) is 6.54 Å². The fourth-order valence-corrected chi connectivity index (χ4v) is 3.30. The first kappa shape index (κ1) is 18.6. The van der Waals surface area contributed by atoms with E-state index >= 15 is 0 Å². The molecule has 140 valence electrons. The maximum atomic E-state index is 9.89. The third-order valence-corrected chi connectivity index (χ3v) is 4.59. The van der Waals surface area contributed by atoms with Gasteiger partial charge in [0.05, 0.1) is 26.8 Å². The van der Waals surface area contributed by atoms with E-state index in [9.17, 15) is 10.4 Å². The summed E-state index contributed by atoms with van der Waals surface area (Å²) in [4.78, 5) is 0. The number of benzene rings is 2. The molecule has 3 rings (SSSR count). The molecule has 6 heteroatoms. The highest BCUT2D eigenvalue weighted by Crippen LogP contribution is 2.41. The second-order valence-corrected chi connectivity index (χ2v) is 6.02. The first-order valence-corrected chi connectivity index (χ1v) is 8.62. The molecule has 0 bridgehead atoms. The van der Waals surface area contributed by atoms with E-state index in [2.05, 4.69) is 6.07 Å². The predicted octanol–water partition coefficient (Wildman–Crippen LogP) is 3.59. The Hall–Kier alpha value is -3.17. The predicted molar refractivity (Wildman–Crippen MR) is 103 cm³/mol. The molecule has 0 amide bonds. The van der Waals surface area contributed by atoms with Gasteiger partial charge >= 0.3 is 0 Å². The summed E-state index contributed by atoms with van der Waals surface area (Å²) >= 11 is 0. The third-order valence-electron chi connectivity index (χ3n) is 4.59. The van der Waals surface area contributed by atoms with Crippen LogP contribution in [0.4, 0.5) is 0 Å². The van der Waals surface area contributed by atoms with Gasteiger partial charge in [0, 0.05) is 30.2 Å². The Bertz CT molecular complexity index is 984. The van der Waals surface area contributed by atoms with Crippen molar-refractivity contribution in [2.75, 3.05) is 27.9 Å². The molecule has 0 spiro atoms. The second kappa shape index (κ2) is 8.02. The number of aryl methyl sites for hydroxylation is 1. The lowest BCUT2D eigenvalue weighted by atomic mass is 10.0. The molecule has 0 fully saturated rings. The van der Waals surface area contributed by atoms with E-state index in [0.29, 0.717) is 30.2 Å². The van der Waals surface area contributed by atoms with Gasteiger partial charge in [0.2, 0.25) is 0 Å². The molecule has 0 atom stereocenters. The van der Waals surface area contributed by atoms with Crippen molar-refractivity contribution in [1.29, 1.82) is 5.26 Å². The monoisotopic (exact) mass is 366 g/mol. The molecule has 0 radical (unpaired) electrons. The van der Waals surface area contributed by atoms with Gasteiger partial charge < -0.3 is 23.9 Å². The smallest absolute Gasteiger partial charge is 0.162 e. The fourth-order valence-electron chi connectivity index (χ4n) is 3.30. The Labute approximate surface area is 158 Å². The van der Waals surface area contributed by atoms with Crippen molar-refractivity contribution >= 4 is 10.9 Å². The number of aliphatic hydroxyl groups is 1. The highest BCUT2D eigenvalue weighted by Gasteiger charge is 2.21. The van der Waals surface area contributed by atoms with Gasteiger partial charge in [0.15, 0.2) is 11.5 Å². The number of aromatic nitrogens is 1. The lowest BCUT2D eigenvalue weighted by molar-refractivity contribution is 0.280. The van der Waals surface area contributed by atoms with Crippen LogP contribution in [0, 0.1) is 11.3 Å². The molecule has 0 aliphatic carbocycles. The summed E-state index contributed by atoms with van der Waals surface area (Å²) in [5.74, 6) is 1.95. The van der Waals surface area contributed by atoms with Crippen LogP contribution in [0.3, 0.4) is 0 Å². The Morgan fingerprint density at radius 1 is 1.00 bits per heavy atom. The van der Waals surface area contributed by atoms with Crippen molar-refractivity contribution in [3.05, 3.63) is 42.1 Å². The standard InChI is InChI=1S/C21H22N2O4/c1-25-15-7-5-14(6-8-15)21-16-11-19(26-2)20(27-3)12-17(16)23(9-4-10-24)18(21)13-22/h5-8,11-12,24H,4,9-10H2,1-3H3. The summed E-state index contributed by atoms with van der Waals surface area (Å²) in [6.07, 6.45) is 0.550. The highest BCUT2D eigenvalue weighted by molar-refractivity contribution is 6.01. The van der Waals surface area contributed by atoms with E-state index in [4.69, 9.17) is 14.2 Å². The van der Waals surface area contributed by atoms with E-state index < -0.39 is 0 Å². The summed E-state index contributed by atoms with van der Waals surface area (Å²) in [5, 5.41) is 20.1. The molecule has 3 aromatic rings. The molecule has 0 unspecified atom stereocenters. The maximum absolute atomic E-state index is 9.89. The minimum Gasteiger partial charge on any atom is -0.497 e.